The highest BCUT2D eigenvalue weighted by molar-refractivity contribution is 7.81. The van der Waals surface area contributed by atoms with Crippen LogP contribution in [0.1, 0.15) is 26.7 Å². The molecular formula is C13H22O6S2. The maximum absolute atomic E-state index is 11.3. The summed E-state index contributed by atoms with van der Waals surface area (Å²) >= 11 is 7.64. The average molecular weight is 338 g/mol. The van der Waals surface area contributed by atoms with Crippen LogP contribution in [0.2, 0.25) is 0 Å². The summed E-state index contributed by atoms with van der Waals surface area (Å²) < 4.78 is 15.2. The fourth-order valence-electron chi connectivity index (χ4n) is 1.33. The first kappa shape index (κ1) is 20.1. The molecule has 0 rings (SSSR count). The van der Waals surface area contributed by atoms with Crippen LogP contribution in [0.3, 0.4) is 0 Å². The van der Waals surface area contributed by atoms with Crippen LogP contribution in [-0.4, -0.2) is 49.2 Å². The lowest BCUT2D eigenvalue weighted by atomic mass is 9.88. The molecule has 0 spiro atoms. The summed E-state index contributed by atoms with van der Waals surface area (Å²) in [6, 6.07) is 0. The summed E-state index contributed by atoms with van der Waals surface area (Å²) in [6.07, 6.45) is 0.746. The fraction of sp³-hybridized carbons (Fsp3) is 0.769. The molecule has 0 saturated carbocycles. The van der Waals surface area contributed by atoms with Gasteiger partial charge in [-0.15, -0.1) is 0 Å². The lowest BCUT2D eigenvalue weighted by molar-refractivity contribution is -0.159. The maximum Gasteiger partial charge on any atom is 0.315 e. The average Bonchev–Trinajstić information content (AvgIpc) is 2.53. The number of thiol groups is 2. The second-order valence-corrected chi connectivity index (χ2v) is 5.14. The van der Waals surface area contributed by atoms with E-state index in [0.29, 0.717) is 6.42 Å². The number of rotatable bonds is 10. The standard InChI is InChI=1S/C13H22O6S2/c1-3-10(14)17-7-13(4-2,8-18-11(15)5-20)9-19-12(16)6-21/h20-21H,3-9H2,1-2H3. The Morgan fingerprint density at radius 1 is 0.810 bits per heavy atom. The Balaban J connectivity index is 4.76. The zero-order valence-corrected chi connectivity index (χ0v) is 14.1. The Bertz CT molecular complexity index is 308. The van der Waals surface area contributed by atoms with Crippen molar-refractivity contribution >= 4 is 43.2 Å². The van der Waals surface area contributed by atoms with Gasteiger partial charge >= 0.3 is 17.9 Å². The second kappa shape index (κ2) is 10.8. The van der Waals surface area contributed by atoms with Gasteiger partial charge in [-0.25, -0.2) is 0 Å². The van der Waals surface area contributed by atoms with E-state index in [1.165, 1.54) is 0 Å². The summed E-state index contributed by atoms with van der Waals surface area (Å²) in [5.74, 6) is -1.44. The summed E-state index contributed by atoms with van der Waals surface area (Å²) in [5.41, 5.74) is -0.762. The Morgan fingerprint density at radius 2 is 1.19 bits per heavy atom. The molecule has 0 aliphatic heterocycles. The smallest absolute Gasteiger partial charge is 0.315 e. The van der Waals surface area contributed by atoms with Crippen LogP contribution in [0.25, 0.3) is 0 Å². The van der Waals surface area contributed by atoms with E-state index in [4.69, 9.17) is 14.2 Å². The van der Waals surface area contributed by atoms with E-state index in [2.05, 4.69) is 25.3 Å². The predicted molar refractivity (Wildman–Crippen MR) is 83.6 cm³/mol. The van der Waals surface area contributed by atoms with E-state index in [0.717, 1.165) is 0 Å². The number of carbonyl (C=O) groups excluding carboxylic acids is 3. The molecule has 0 aliphatic carbocycles. The number of hydrogen-bond donors (Lipinski definition) is 2. The summed E-state index contributed by atoms with van der Waals surface area (Å²) in [6.45, 7) is 3.50. The lowest BCUT2D eigenvalue weighted by Crippen LogP contribution is -2.39. The van der Waals surface area contributed by atoms with Gasteiger partial charge in [0, 0.05) is 6.42 Å². The van der Waals surface area contributed by atoms with E-state index in [1.54, 1.807) is 6.92 Å². The van der Waals surface area contributed by atoms with Crippen molar-refractivity contribution in [1.82, 2.24) is 0 Å². The van der Waals surface area contributed by atoms with Crippen LogP contribution < -0.4 is 0 Å². The molecule has 0 fully saturated rings. The van der Waals surface area contributed by atoms with Gasteiger partial charge in [-0.2, -0.15) is 25.3 Å². The Morgan fingerprint density at radius 3 is 1.48 bits per heavy atom. The highest BCUT2D eigenvalue weighted by Gasteiger charge is 2.33. The minimum atomic E-state index is -0.762. The fourth-order valence-corrected chi connectivity index (χ4v) is 1.51. The molecule has 0 unspecified atom stereocenters. The SMILES string of the molecule is CCC(=O)OCC(CC)(COC(=O)CS)COC(=O)CS. The van der Waals surface area contributed by atoms with Gasteiger partial charge in [0.05, 0.1) is 16.9 Å². The molecule has 8 heteroatoms. The van der Waals surface area contributed by atoms with Crippen LogP contribution in [0.4, 0.5) is 0 Å². The van der Waals surface area contributed by atoms with E-state index in [-0.39, 0.29) is 43.7 Å². The van der Waals surface area contributed by atoms with Crippen LogP contribution in [0.5, 0.6) is 0 Å². The predicted octanol–water partition coefficient (Wildman–Crippen LogP) is 1.28. The molecule has 0 radical (unpaired) electrons. The van der Waals surface area contributed by atoms with E-state index in [1.807, 2.05) is 6.92 Å². The molecule has 0 aromatic heterocycles. The first-order chi connectivity index (χ1) is 9.92. The molecule has 122 valence electrons. The molecule has 21 heavy (non-hydrogen) atoms. The minimum Gasteiger partial charge on any atom is -0.465 e. The number of ether oxygens (including phenoxy) is 3. The second-order valence-electron chi connectivity index (χ2n) is 4.51. The quantitative estimate of drug-likeness (QED) is 0.355. The van der Waals surface area contributed by atoms with E-state index < -0.39 is 17.4 Å². The molecular weight excluding hydrogens is 316 g/mol. The van der Waals surface area contributed by atoms with Crippen molar-refractivity contribution in [3.8, 4) is 0 Å². The van der Waals surface area contributed by atoms with Gasteiger partial charge in [-0.05, 0) is 6.42 Å². The van der Waals surface area contributed by atoms with Crippen LogP contribution >= 0.6 is 25.3 Å². The zero-order chi connectivity index (χ0) is 16.3. The number of hydrogen-bond acceptors (Lipinski definition) is 8. The van der Waals surface area contributed by atoms with Crippen molar-refractivity contribution in [2.75, 3.05) is 31.3 Å². The topological polar surface area (TPSA) is 78.9 Å². The van der Waals surface area contributed by atoms with Crippen LogP contribution in [0.15, 0.2) is 0 Å². The van der Waals surface area contributed by atoms with Crippen molar-refractivity contribution < 1.29 is 28.6 Å². The lowest BCUT2D eigenvalue weighted by Gasteiger charge is -2.30. The third-order valence-electron chi connectivity index (χ3n) is 2.91. The Kier molecular flexibility index (Phi) is 10.3. The molecule has 0 aliphatic rings. The summed E-state index contributed by atoms with van der Waals surface area (Å²) in [4.78, 5) is 33.8. The van der Waals surface area contributed by atoms with E-state index in [9.17, 15) is 14.4 Å². The third-order valence-corrected chi connectivity index (χ3v) is 3.43. The highest BCUT2D eigenvalue weighted by Crippen LogP contribution is 2.24. The Labute approximate surface area is 135 Å². The number of esters is 3. The van der Waals surface area contributed by atoms with Crippen LogP contribution in [-0.2, 0) is 28.6 Å². The Hall–Kier alpha value is -0.890. The van der Waals surface area contributed by atoms with Crippen molar-refractivity contribution in [2.45, 2.75) is 26.7 Å². The molecule has 0 aromatic carbocycles. The van der Waals surface area contributed by atoms with Crippen molar-refractivity contribution in [3.63, 3.8) is 0 Å². The largest absolute Gasteiger partial charge is 0.465 e. The molecule has 0 heterocycles. The minimum absolute atomic E-state index is 0.00980. The molecule has 0 bridgehead atoms. The van der Waals surface area contributed by atoms with Gasteiger partial charge in [0.1, 0.15) is 19.8 Å². The van der Waals surface area contributed by atoms with Gasteiger partial charge in [0.15, 0.2) is 0 Å². The van der Waals surface area contributed by atoms with Crippen molar-refractivity contribution in [2.24, 2.45) is 5.41 Å². The normalized spacial score (nSPS) is 10.9. The van der Waals surface area contributed by atoms with Gasteiger partial charge in [-0.3, -0.25) is 14.4 Å². The zero-order valence-electron chi connectivity index (χ0n) is 12.3. The monoisotopic (exact) mass is 338 g/mol. The van der Waals surface area contributed by atoms with Gasteiger partial charge in [-0.1, -0.05) is 13.8 Å². The van der Waals surface area contributed by atoms with E-state index >= 15 is 0 Å². The molecule has 0 amide bonds. The molecule has 0 aromatic rings. The van der Waals surface area contributed by atoms with Gasteiger partial charge in [0.25, 0.3) is 0 Å². The molecule has 0 N–H and O–H groups in total. The third kappa shape index (κ3) is 8.21. The first-order valence-corrected chi connectivity index (χ1v) is 7.88. The summed E-state index contributed by atoms with van der Waals surface area (Å²) in [7, 11) is 0. The van der Waals surface area contributed by atoms with Gasteiger partial charge in [0.2, 0.25) is 0 Å². The number of carbonyl (C=O) groups is 3. The van der Waals surface area contributed by atoms with Crippen molar-refractivity contribution in [1.29, 1.82) is 0 Å². The first-order valence-electron chi connectivity index (χ1n) is 6.61. The molecule has 0 saturated heterocycles. The highest BCUT2D eigenvalue weighted by atomic mass is 32.1. The van der Waals surface area contributed by atoms with Crippen LogP contribution in [0, 0.1) is 5.41 Å². The van der Waals surface area contributed by atoms with Crippen molar-refractivity contribution in [3.05, 3.63) is 0 Å². The van der Waals surface area contributed by atoms with Gasteiger partial charge < -0.3 is 14.2 Å². The summed E-state index contributed by atoms with van der Waals surface area (Å²) in [5, 5.41) is 0. The molecule has 6 nitrogen and oxygen atoms in total. The molecule has 0 atom stereocenters. The maximum atomic E-state index is 11.3.